The van der Waals surface area contributed by atoms with Crippen molar-refractivity contribution in [2.45, 2.75) is 32.2 Å². The molecule has 6 heteroatoms. The first-order valence-electron chi connectivity index (χ1n) is 8.95. The quantitative estimate of drug-likeness (QED) is 0.741. The highest BCUT2D eigenvalue weighted by Gasteiger charge is 2.16. The normalized spacial score (nSPS) is 13.5. The van der Waals surface area contributed by atoms with Crippen molar-refractivity contribution in [1.82, 2.24) is 14.8 Å². The number of carbonyl (C=O) groups excluding carboxylic acids is 1. The lowest BCUT2D eigenvalue weighted by atomic mass is 10.2. The Bertz CT molecular complexity index is 904. The Kier molecular flexibility index (Phi) is 4.64. The Morgan fingerprint density at radius 2 is 1.69 bits per heavy atom. The van der Waals surface area contributed by atoms with Gasteiger partial charge in [0.05, 0.1) is 0 Å². The molecule has 0 unspecified atom stereocenters. The van der Waals surface area contributed by atoms with Crippen LogP contribution in [0.3, 0.4) is 0 Å². The van der Waals surface area contributed by atoms with Crippen molar-refractivity contribution >= 4 is 17.4 Å². The van der Waals surface area contributed by atoms with Crippen molar-refractivity contribution in [1.29, 1.82) is 0 Å². The first-order valence-corrected chi connectivity index (χ1v) is 8.95. The van der Waals surface area contributed by atoms with Crippen LogP contribution in [-0.2, 0) is 13.0 Å². The van der Waals surface area contributed by atoms with Gasteiger partial charge < -0.3 is 15.2 Å². The van der Waals surface area contributed by atoms with Crippen LogP contribution in [-0.4, -0.2) is 20.8 Å². The van der Waals surface area contributed by atoms with Crippen LogP contribution >= 0.6 is 0 Å². The number of carbonyl (C=O) groups is 1. The number of nitrogens with one attached hydrogen (secondary N) is 2. The van der Waals surface area contributed by atoms with Crippen molar-refractivity contribution in [3.8, 4) is 11.4 Å². The van der Waals surface area contributed by atoms with E-state index < -0.39 is 0 Å². The number of amides is 2. The van der Waals surface area contributed by atoms with Crippen LogP contribution in [0, 0.1) is 0 Å². The molecule has 0 fully saturated rings. The number of fused-ring (bicyclic) bond motifs is 1. The van der Waals surface area contributed by atoms with Gasteiger partial charge in [-0.05, 0) is 37.1 Å². The highest BCUT2D eigenvalue weighted by Crippen LogP contribution is 2.25. The summed E-state index contributed by atoms with van der Waals surface area (Å²) in [7, 11) is 0. The second kappa shape index (κ2) is 7.39. The third kappa shape index (κ3) is 3.59. The Morgan fingerprint density at radius 3 is 2.58 bits per heavy atom. The zero-order valence-corrected chi connectivity index (χ0v) is 14.5. The highest BCUT2D eigenvalue weighted by atomic mass is 16.2. The van der Waals surface area contributed by atoms with Gasteiger partial charge in [0, 0.05) is 29.9 Å². The van der Waals surface area contributed by atoms with E-state index in [1.807, 2.05) is 54.6 Å². The first-order chi connectivity index (χ1) is 12.8. The second-order valence-corrected chi connectivity index (χ2v) is 6.43. The molecule has 2 heterocycles. The van der Waals surface area contributed by atoms with E-state index in [1.54, 1.807) is 0 Å². The van der Waals surface area contributed by atoms with Gasteiger partial charge in [-0.2, -0.15) is 0 Å². The predicted octanol–water partition coefficient (Wildman–Crippen LogP) is 4.32. The van der Waals surface area contributed by atoms with Crippen molar-refractivity contribution in [3.05, 3.63) is 60.4 Å². The minimum atomic E-state index is -0.270. The number of urea groups is 1. The molecule has 2 aromatic carbocycles. The summed E-state index contributed by atoms with van der Waals surface area (Å²) in [6.45, 7) is 0.948. The zero-order chi connectivity index (χ0) is 17.8. The number of anilines is 2. The molecular formula is C20H21N5O. The SMILES string of the molecule is O=C(Nc1ccccc1)Nc1cccc(-c2nnc3n2CCCCC3)c1. The summed E-state index contributed by atoms with van der Waals surface area (Å²) in [5.74, 6) is 1.92. The summed E-state index contributed by atoms with van der Waals surface area (Å²) in [5, 5.41) is 14.4. The highest BCUT2D eigenvalue weighted by molar-refractivity contribution is 6.00. The number of rotatable bonds is 3. The van der Waals surface area contributed by atoms with Crippen LogP contribution in [0.5, 0.6) is 0 Å². The van der Waals surface area contributed by atoms with E-state index in [-0.39, 0.29) is 6.03 Å². The van der Waals surface area contributed by atoms with E-state index in [0.29, 0.717) is 0 Å². The summed E-state index contributed by atoms with van der Waals surface area (Å²) < 4.78 is 2.20. The van der Waals surface area contributed by atoms with E-state index >= 15 is 0 Å². The Labute approximate surface area is 152 Å². The molecular weight excluding hydrogens is 326 g/mol. The van der Waals surface area contributed by atoms with Gasteiger partial charge in [0.1, 0.15) is 5.82 Å². The topological polar surface area (TPSA) is 71.8 Å². The maximum atomic E-state index is 12.2. The molecule has 132 valence electrons. The van der Waals surface area contributed by atoms with E-state index in [9.17, 15) is 4.79 Å². The number of aryl methyl sites for hydroxylation is 1. The molecule has 3 aromatic rings. The van der Waals surface area contributed by atoms with Crippen LogP contribution < -0.4 is 10.6 Å². The molecule has 26 heavy (non-hydrogen) atoms. The van der Waals surface area contributed by atoms with Gasteiger partial charge in [-0.3, -0.25) is 0 Å². The molecule has 0 aliphatic carbocycles. The molecule has 1 aliphatic rings. The molecule has 1 aromatic heterocycles. The van der Waals surface area contributed by atoms with Crippen LogP contribution in [0.25, 0.3) is 11.4 Å². The van der Waals surface area contributed by atoms with Crippen molar-refractivity contribution in [2.24, 2.45) is 0 Å². The van der Waals surface area contributed by atoms with Crippen LogP contribution in [0.2, 0.25) is 0 Å². The molecule has 6 nitrogen and oxygen atoms in total. The molecule has 0 bridgehead atoms. The molecule has 4 rings (SSSR count). The fourth-order valence-electron chi connectivity index (χ4n) is 3.25. The Balaban J connectivity index is 1.52. The van der Waals surface area contributed by atoms with Gasteiger partial charge in [0.15, 0.2) is 5.82 Å². The molecule has 0 saturated heterocycles. The molecule has 1 aliphatic heterocycles. The molecule has 2 N–H and O–H groups in total. The molecule has 0 radical (unpaired) electrons. The predicted molar refractivity (Wildman–Crippen MR) is 102 cm³/mol. The molecule has 0 spiro atoms. The molecule has 0 atom stereocenters. The van der Waals surface area contributed by atoms with Gasteiger partial charge in [0.25, 0.3) is 0 Å². The third-order valence-electron chi connectivity index (χ3n) is 4.52. The van der Waals surface area contributed by atoms with E-state index in [4.69, 9.17) is 0 Å². The fourth-order valence-corrected chi connectivity index (χ4v) is 3.25. The lowest BCUT2D eigenvalue weighted by molar-refractivity contribution is 0.262. The van der Waals surface area contributed by atoms with Gasteiger partial charge in [-0.1, -0.05) is 36.8 Å². The number of para-hydroxylation sites is 1. The van der Waals surface area contributed by atoms with Crippen molar-refractivity contribution in [3.63, 3.8) is 0 Å². The monoisotopic (exact) mass is 347 g/mol. The molecule has 0 saturated carbocycles. The third-order valence-corrected chi connectivity index (χ3v) is 4.52. The Morgan fingerprint density at radius 1 is 0.885 bits per heavy atom. The standard InChI is InChI=1S/C20H21N5O/c26-20(21-16-9-3-1-4-10-16)22-17-11-7-8-15(14-17)19-24-23-18-12-5-2-6-13-25(18)19/h1,3-4,7-11,14H,2,5-6,12-13H2,(H2,21,22,26). The van der Waals surface area contributed by atoms with Gasteiger partial charge >= 0.3 is 6.03 Å². The van der Waals surface area contributed by atoms with Gasteiger partial charge in [-0.15, -0.1) is 10.2 Å². The van der Waals surface area contributed by atoms with Crippen molar-refractivity contribution in [2.75, 3.05) is 10.6 Å². The summed E-state index contributed by atoms with van der Waals surface area (Å²) in [6.07, 6.45) is 4.52. The average Bonchev–Trinajstić information content (AvgIpc) is 2.91. The van der Waals surface area contributed by atoms with E-state index in [0.717, 1.165) is 48.0 Å². The first kappa shape index (κ1) is 16.3. The number of aromatic nitrogens is 3. The number of nitrogens with zero attached hydrogens (tertiary/aromatic N) is 3. The van der Waals surface area contributed by atoms with Crippen LogP contribution in [0.1, 0.15) is 25.1 Å². The number of hydrogen-bond donors (Lipinski definition) is 2. The lowest BCUT2D eigenvalue weighted by Crippen LogP contribution is -2.19. The lowest BCUT2D eigenvalue weighted by Gasteiger charge is -2.10. The second-order valence-electron chi connectivity index (χ2n) is 6.43. The van der Waals surface area contributed by atoms with Crippen LogP contribution in [0.4, 0.5) is 16.2 Å². The van der Waals surface area contributed by atoms with E-state index in [2.05, 4.69) is 25.4 Å². The fraction of sp³-hybridized carbons (Fsp3) is 0.250. The minimum Gasteiger partial charge on any atom is -0.311 e. The number of hydrogen-bond acceptors (Lipinski definition) is 3. The smallest absolute Gasteiger partial charge is 0.311 e. The number of benzene rings is 2. The summed E-state index contributed by atoms with van der Waals surface area (Å²) in [4.78, 5) is 12.2. The summed E-state index contributed by atoms with van der Waals surface area (Å²) in [5.41, 5.74) is 2.44. The molecule has 2 amide bonds. The largest absolute Gasteiger partial charge is 0.323 e. The van der Waals surface area contributed by atoms with Crippen LogP contribution in [0.15, 0.2) is 54.6 Å². The summed E-state index contributed by atoms with van der Waals surface area (Å²) >= 11 is 0. The van der Waals surface area contributed by atoms with Gasteiger partial charge in [-0.25, -0.2) is 4.79 Å². The van der Waals surface area contributed by atoms with Crippen molar-refractivity contribution < 1.29 is 4.79 Å². The maximum Gasteiger partial charge on any atom is 0.323 e. The van der Waals surface area contributed by atoms with E-state index in [1.165, 1.54) is 12.8 Å². The minimum absolute atomic E-state index is 0.270. The summed E-state index contributed by atoms with van der Waals surface area (Å²) in [6, 6.07) is 16.8. The zero-order valence-electron chi connectivity index (χ0n) is 14.5. The van der Waals surface area contributed by atoms with Gasteiger partial charge in [0.2, 0.25) is 0 Å². The average molecular weight is 347 g/mol. The maximum absolute atomic E-state index is 12.2. The Hall–Kier alpha value is -3.15.